The molecule has 4 nitrogen and oxygen atoms in total. The molecule has 2 fully saturated rings. The minimum absolute atomic E-state index is 0.189. The minimum Gasteiger partial charge on any atom is -0.304 e. The SMILES string of the molecule is CCN1CCCC(C#N)(N2CCN(C)CC2)CC1. The molecule has 0 N–H and O–H groups in total. The summed E-state index contributed by atoms with van der Waals surface area (Å²) in [5, 5.41) is 9.72. The van der Waals surface area contributed by atoms with Gasteiger partial charge in [0.25, 0.3) is 0 Å². The number of nitrogens with zero attached hydrogens (tertiary/aromatic N) is 4. The van der Waals surface area contributed by atoms with E-state index in [9.17, 15) is 5.26 Å². The predicted octanol–water partition coefficient (Wildman–Crippen LogP) is 1.00. The maximum absolute atomic E-state index is 9.72. The highest BCUT2D eigenvalue weighted by atomic mass is 15.3. The van der Waals surface area contributed by atoms with Crippen LogP contribution in [0.2, 0.25) is 0 Å². The van der Waals surface area contributed by atoms with Gasteiger partial charge in [-0.1, -0.05) is 6.92 Å². The first kappa shape index (κ1) is 13.8. The van der Waals surface area contributed by atoms with Gasteiger partial charge in [0, 0.05) is 32.7 Å². The van der Waals surface area contributed by atoms with E-state index in [-0.39, 0.29) is 5.54 Å². The normalized spacial score (nSPS) is 32.9. The monoisotopic (exact) mass is 250 g/mol. The third-order valence-corrected chi connectivity index (χ3v) is 4.67. The molecule has 1 unspecified atom stereocenters. The van der Waals surface area contributed by atoms with E-state index in [2.05, 4.69) is 34.7 Å². The number of likely N-dealkylation sites (tertiary alicyclic amines) is 1. The van der Waals surface area contributed by atoms with Crippen molar-refractivity contribution in [1.82, 2.24) is 14.7 Å². The maximum Gasteiger partial charge on any atom is 0.110 e. The van der Waals surface area contributed by atoms with Crippen molar-refractivity contribution in [2.24, 2.45) is 0 Å². The summed E-state index contributed by atoms with van der Waals surface area (Å²) in [4.78, 5) is 7.29. The van der Waals surface area contributed by atoms with Crippen LogP contribution in [0.5, 0.6) is 0 Å². The molecule has 2 saturated heterocycles. The van der Waals surface area contributed by atoms with Crippen molar-refractivity contribution in [3.8, 4) is 6.07 Å². The first-order valence-electron chi connectivity index (χ1n) is 7.27. The first-order valence-corrected chi connectivity index (χ1v) is 7.27. The molecule has 0 spiro atoms. The van der Waals surface area contributed by atoms with Gasteiger partial charge in [-0.15, -0.1) is 0 Å². The lowest BCUT2D eigenvalue weighted by molar-refractivity contribution is 0.0639. The van der Waals surface area contributed by atoms with E-state index in [0.717, 1.165) is 65.1 Å². The van der Waals surface area contributed by atoms with Crippen molar-refractivity contribution < 1.29 is 0 Å². The van der Waals surface area contributed by atoms with Crippen LogP contribution in [0.15, 0.2) is 0 Å². The smallest absolute Gasteiger partial charge is 0.110 e. The molecule has 0 saturated carbocycles. The van der Waals surface area contributed by atoms with Gasteiger partial charge in [0.05, 0.1) is 6.07 Å². The van der Waals surface area contributed by atoms with E-state index in [1.165, 1.54) is 0 Å². The van der Waals surface area contributed by atoms with Gasteiger partial charge >= 0.3 is 0 Å². The van der Waals surface area contributed by atoms with E-state index in [1.807, 2.05) is 0 Å². The Balaban J connectivity index is 2.03. The number of piperazine rings is 1. The number of likely N-dealkylation sites (N-methyl/N-ethyl adjacent to an activating group) is 1. The molecule has 2 aliphatic rings. The van der Waals surface area contributed by atoms with Crippen molar-refractivity contribution in [3.63, 3.8) is 0 Å². The molecule has 4 heteroatoms. The number of hydrogen-bond acceptors (Lipinski definition) is 4. The van der Waals surface area contributed by atoms with Crippen LogP contribution in [-0.2, 0) is 0 Å². The average molecular weight is 250 g/mol. The van der Waals surface area contributed by atoms with Gasteiger partial charge in [-0.05, 0) is 39.4 Å². The Morgan fingerprint density at radius 3 is 2.39 bits per heavy atom. The molecule has 2 heterocycles. The molecule has 0 amide bonds. The van der Waals surface area contributed by atoms with Crippen molar-refractivity contribution in [2.45, 2.75) is 31.7 Å². The van der Waals surface area contributed by atoms with E-state index in [4.69, 9.17) is 0 Å². The molecular formula is C14H26N4. The fourth-order valence-electron chi connectivity index (χ4n) is 3.22. The third kappa shape index (κ3) is 2.85. The van der Waals surface area contributed by atoms with Crippen molar-refractivity contribution in [2.75, 3.05) is 52.9 Å². The maximum atomic E-state index is 9.72. The van der Waals surface area contributed by atoms with Crippen molar-refractivity contribution >= 4 is 0 Å². The molecule has 0 radical (unpaired) electrons. The van der Waals surface area contributed by atoms with Crippen LogP contribution in [0.3, 0.4) is 0 Å². The summed E-state index contributed by atoms with van der Waals surface area (Å²) in [6, 6.07) is 2.67. The van der Waals surface area contributed by atoms with Crippen LogP contribution in [0.4, 0.5) is 0 Å². The topological polar surface area (TPSA) is 33.5 Å². The molecule has 102 valence electrons. The molecule has 1 atom stereocenters. The average Bonchev–Trinajstić information content (AvgIpc) is 2.62. The molecule has 18 heavy (non-hydrogen) atoms. The minimum atomic E-state index is -0.189. The van der Waals surface area contributed by atoms with Gasteiger partial charge in [0.1, 0.15) is 5.54 Å². The molecule has 0 aromatic carbocycles. The largest absolute Gasteiger partial charge is 0.304 e. The summed E-state index contributed by atoms with van der Waals surface area (Å²) in [6.07, 6.45) is 3.22. The summed E-state index contributed by atoms with van der Waals surface area (Å²) in [6.45, 7) is 9.87. The fourth-order valence-corrected chi connectivity index (χ4v) is 3.22. The predicted molar refractivity (Wildman–Crippen MR) is 73.4 cm³/mol. The highest BCUT2D eigenvalue weighted by molar-refractivity contribution is 5.10. The first-order chi connectivity index (χ1) is 8.70. The molecular weight excluding hydrogens is 224 g/mol. The van der Waals surface area contributed by atoms with Crippen LogP contribution in [0.1, 0.15) is 26.2 Å². The third-order valence-electron chi connectivity index (χ3n) is 4.67. The Labute approximate surface area is 111 Å². The van der Waals surface area contributed by atoms with Crippen LogP contribution in [0, 0.1) is 11.3 Å². The Morgan fingerprint density at radius 2 is 1.78 bits per heavy atom. The van der Waals surface area contributed by atoms with E-state index in [1.54, 1.807) is 0 Å². The number of nitriles is 1. The Morgan fingerprint density at radius 1 is 1.06 bits per heavy atom. The van der Waals surface area contributed by atoms with Gasteiger partial charge in [0.2, 0.25) is 0 Å². The summed E-state index contributed by atoms with van der Waals surface area (Å²) < 4.78 is 0. The summed E-state index contributed by atoms with van der Waals surface area (Å²) in [7, 11) is 2.17. The van der Waals surface area contributed by atoms with Gasteiger partial charge in [0.15, 0.2) is 0 Å². The zero-order valence-corrected chi connectivity index (χ0v) is 11.9. The van der Waals surface area contributed by atoms with E-state index in [0.29, 0.717) is 0 Å². The highest BCUT2D eigenvalue weighted by Gasteiger charge is 2.39. The number of hydrogen-bond donors (Lipinski definition) is 0. The van der Waals surface area contributed by atoms with E-state index < -0.39 is 0 Å². The second kappa shape index (κ2) is 6.01. The lowest BCUT2D eigenvalue weighted by atomic mass is 9.89. The standard InChI is InChI=1S/C14H26N4/c1-3-17-7-4-5-14(13-15,6-8-17)18-11-9-16(2)10-12-18/h3-12H2,1-2H3. The second-order valence-electron chi connectivity index (χ2n) is 5.72. The van der Waals surface area contributed by atoms with Crippen LogP contribution in [0.25, 0.3) is 0 Å². The molecule has 2 aliphatic heterocycles. The number of rotatable bonds is 2. The van der Waals surface area contributed by atoms with Crippen LogP contribution in [-0.4, -0.2) is 73.1 Å². The molecule has 2 rings (SSSR count). The summed E-state index contributed by atoms with van der Waals surface area (Å²) >= 11 is 0. The lowest BCUT2D eigenvalue weighted by Crippen LogP contribution is -2.56. The summed E-state index contributed by atoms with van der Waals surface area (Å²) in [5.74, 6) is 0. The Hall–Kier alpha value is -0.630. The molecule has 0 aromatic heterocycles. The van der Waals surface area contributed by atoms with Gasteiger partial charge in [-0.25, -0.2) is 0 Å². The van der Waals surface area contributed by atoms with Crippen molar-refractivity contribution in [3.05, 3.63) is 0 Å². The van der Waals surface area contributed by atoms with Gasteiger partial charge in [-0.3, -0.25) is 4.90 Å². The molecule has 0 bridgehead atoms. The van der Waals surface area contributed by atoms with E-state index >= 15 is 0 Å². The van der Waals surface area contributed by atoms with Crippen LogP contribution >= 0.6 is 0 Å². The van der Waals surface area contributed by atoms with Crippen molar-refractivity contribution in [1.29, 1.82) is 5.26 Å². The Kier molecular flexibility index (Phi) is 4.60. The zero-order valence-electron chi connectivity index (χ0n) is 11.9. The van der Waals surface area contributed by atoms with Crippen LogP contribution < -0.4 is 0 Å². The Bertz CT molecular complexity index is 303. The van der Waals surface area contributed by atoms with Gasteiger partial charge in [-0.2, -0.15) is 5.26 Å². The fraction of sp³-hybridized carbons (Fsp3) is 0.929. The highest BCUT2D eigenvalue weighted by Crippen LogP contribution is 2.29. The quantitative estimate of drug-likeness (QED) is 0.732. The molecule has 0 aromatic rings. The lowest BCUT2D eigenvalue weighted by Gasteiger charge is -2.43. The second-order valence-corrected chi connectivity index (χ2v) is 5.72. The molecule has 0 aliphatic carbocycles. The summed E-state index contributed by atoms with van der Waals surface area (Å²) in [5.41, 5.74) is -0.189. The van der Waals surface area contributed by atoms with Gasteiger partial charge < -0.3 is 9.80 Å². The zero-order chi connectivity index (χ0) is 13.0.